The minimum Gasteiger partial charge on any atom is -0.369 e. The zero-order valence-electron chi connectivity index (χ0n) is 25.0. The first-order chi connectivity index (χ1) is 22.0. The topological polar surface area (TPSA) is 103 Å². The van der Waals surface area contributed by atoms with Crippen molar-refractivity contribution in [3.05, 3.63) is 76.9 Å². The van der Waals surface area contributed by atoms with Crippen molar-refractivity contribution in [2.24, 2.45) is 12.5 Å². The fourth-order valence-corrected chi connectivity index (χ4v) is 6.63. The van der Waals surface area contributed by atoms with Gasteiger partial charge < -0.3 is 9.88 Å². The van der Waals surface area contributed by atoms with E-state index in [0.717, 1.165) is 32.4 Å². The third-order valence-electron chi connectivity index (χ3n) is 9.16. The van der Waals surface area contributed by atoms with Crippen LogP contribution in [-0.2, 0) is 26.3 Å². The third kappa shape index (κ3) is 5.58. The van der Waals surface area contributed by atoms with Gasteiger partial charge in [0, 0.05) is 37.8 Å². The lowest BCUT2D eigenvalue weighted by molar-refractivity contribution is -0.138. The molecule has 7 rings (SSSR count). The largest absolute Gasteiger partial charge is 0.416 e. The van der Waals surface area contributed by atoms with E-state index in [1.54, 1.807) is 35.9 Å². The van der Waals surface area contributed by atoms with Crippen LogP contribution in [-0.4, -0.2) is 50.2 Å². The molecule has 0 bridgehead atoms. The Bertz CT molecular complexity index is 1890. The Labute approximate surface area is 262 Å². The monoisotopic (exact) mass is 630 g/mol. The lowest BCUT2D eigenvalue weighted by atomic mass is 9.98. The SMILES string of the molecule is Cn1cnnc1-c1ccc(F)cc1-c1cc(NCCC#N)nc(N2Cc3c(cc(CN4CCC5(CC5)C4)cc3C(F)(F)F)C2=O)c1. The second-order valence-corrected chi connectivity index (χ2v) is 12.4. The first-order valence-corrected chi connectivity index (χ1v) is 15.1. The van der Waals surface area contributed by atoms with Crippen LogP contribution < -0.4 is 10.2 Å². The zero-order chi connectivity index (χ0) is 32.2. The molecule has 1 saturated carbocycles. The highest BCUT2D eigenvalue weighted by molar-refractivity contribution is 6.10. The molecule has 13 heteroatoms. The molecule has 0 unspecified atom stereocenters. The van der Waals surface area contributed by atoms with Gasteiger partial charge in [0.25, 0.3) is 5.91 Å². The summed E-state index contributed by atoms with van der Waals surface area (Å²) in [5, 5.41) is 20.2. The van der Waals surface area contributed by atoms with Gasteiger partial charge in [-0.1, -0.05) is 0 Å². The molecule has 3 aliphatic rings. The first kappa shape index (κ1) is 29.9. The number of nitriles is 1. The van der Waals surface area contributed by atoms with Crippen molar-refractivity contribution < 1.29 is 22.4 Å². The van der Waals surface area contributed by atoms with Crippen LogP contribution in [0.3, 0.4) is 0 Å². The number of aromatic nitrogens is 4. The number of fused-ring (bicyclic) bond motifs is 1. The second kappa shape index (κ2) is 11.2. The lowest BCUT2D eigenvalue weighted by Crippen LogP contribution is -2.24. The Kier molecular flexibility index (Phi) is 7.27. The van der Waals surface area contributed by atoms with Crippen LogP contribution in [0, 0.1) is 22.6 Å². The van der Waals surface area contributed by atoms with Gasteiger partial charge in [0.2, 0.25) is 0 Å². The molecular weight excluding hydrogens is 600 g/mol. The average molecular weight is 631 g/mol. The number of rotatable bonds is 8. The van der Waals surface area contributed by atoms with Crippen molar-refractivity contribution in [1.29, 1.82) is 5.26 Å². The van der Waals surface area contributed by atoms with E-state index in [1.165, 1.54) is 29.4 Å². The Morgan fingerprint density at radius 2 is 1.89 bits per heavy atom. The van der Waals surface area contributed by atoms with Crippen LogP contribution in [0.15, 0.2) is 48.8 Å². The number of benzene rings is 2. The van der Waals surface area contributed by atoms with Crippen LogP contribution in [0.2, 0.25) is 0 Å². The number of hydrogen-bond acceptors (Lipinski definition) is 7. The summed E-state index contributed by atoms with van der Waals surface area (Å²) in [6, 6.07) is 12.2. The highest BCUT2D eigenvalue weighted by Crippen LogP contribution is 2.53. The number of nitrogens with one attached hydrogen (secondary N) is 1. The normalized spacial score (nSPS) is 17.0. The highest BCUT2D eigenvalue weighted by atomic mass is 19.4. The predicted octanol–water partition coefficient (Wildman–Crippen LogP) is 6.17. The number of carbonyl (C=O) groups is 1. The molecule has 2 fully saturated rings. The summed E-state index contributed by atoms with van der Waals surface area (Å²) in [5.74, 6) is -0.278. The summed E-state index contributed by atoms with van der Waals surface area (Å²) < 4.78 is 59.7. The molecule has 2 aromatic carbocycles. The number of carbonyl (C=O) groups excluding carboxylic acids is 1. The molecule has 1 amide bonds. The van der Waals surface area contributed by atoms with E-state index in [4.69, 9.17) is 5.26 Å². The maximum Gasteiger partial charge on any atom is 0.416 e. The van der Waals surface area contributed by atoms with Gasteiger partial charge in [-0.25, -0.2) is 9.37 Å². The molecule has 1 N–H and O–H groups in total. The van der Waals surface area contributed by atoms with Crippen LogP contribution in [0.5, 0.6) is 0 Å². The van der Waals surface area contributed by atoms with E-state index in [2.05, 4.69) is 25.4 Å². The highest BCUT2D eigenvalue weighted by Gasteiger charge is 2.47. The Hall–Kier alpha value is -4.83. The Morgan fingerprint density at radius 3 is 2.59 bits per heavy atom. The van der Waals surface area contributed by atoms with E-state index in [-0.39, 0.29) is 42.3 Å². The number of hydrogen-bond donors (Lipinski definition) is 1. The number of nitrogens with zero attached hydrogens (tertiary/aromatic N) is 7. The minimum absolute atomic E-state index is 0.00174. The number of amides is 1. The quantitative estimate of drug-likeness (QED) is 0.183. The van der Waals surface area contributed by atoms with Crippen LogP contribution in [0.4, 0.5) is 29.2 Å². The molecule has 0 radical (unpaired) electrons. The van der Waals surface area contributed by atoms with Gasteiger partial charge in [0.1, 0.15) is 23.8 Å². The summed E-state index contributed by atoms with van der Waals surface area (Å²) in [6.45, 7) is 1.94. The van der Waals surface area contributed by atoms with Gasteiger partial charge in [-0.05, 0) is 95.9 Å². The fraction of sp³-hybridized carbons (Fsp3) is 0.364. The number of pyridine rings is 1. The van der Waals surface area contributed by atoms with Gasteiger partial charge in [0.15, 0.2) is 5.82 Å². The Morgan fingerprint density at radius 1 is 1.07 bits per heavy atom. The van der Waals surface area contributed by atoms with Crippen molar-refractivity contribution in [1.82, 2.24) is 24.6 Å². The lowest BCUT2D eigenvalue weighted by Gasteiger charge is -2.19. The summed E-state index contributed by atoms with van der Waals surface area (Å²) >= 11 is 0. The maximum atomic E-state index is 14.7. The smallest absolute Gasteiger partial charge is 0.369 e. The maximum absolute atomic E-state index is 14.7. The third-order valence-corrected chi connectivity index (χ3v) is 9.16. The molecule has 4 heterocycles. The second-order valence-electron chi connectivity index (χ2n) is 12.4. The van der Waals surface area contributed by atoms with Crippen molar-refractivity contribution in [2.45, 2.75) is 44.9 Å². The van der Waals surface area contributed by atoms with Crippen molar-refractivity contribution >= 4 is 17.5 Å². The van der Waals surface area contributed by atoms with E-state index < -0.39 is 23.5 Å². The van der Waals surface area contributed by atoms with Crippen molar-refractivity contribution in [2.75, 3.05) is 29.9 Å². The molecule has 46 heavy (non-hydrogen) atoms. The Balaban J connectivity index is 1.29. The standard InChI is InChI=1S/C33H30F4N8O/c1-43-19-40-42-30(43)23-4-3-22(34)15-24(23)21-13-28(39-9-2-8-38)41-29(14-21)45-17-26-25(31(45)46)11-20(12-27(26)33(35,36)37)16-44-10-7-32(18-44)5-6-32/h3-4,11-15,19H,2,5-7,9-10,16-18H2,1H3,(H,39,41). The first-order valence-electron chi connectivity index (χ1n) is 15.1. The van der Waals surface area contributed by atoms with E-state index in [0.29, 0.717) is 40.0 Å². The van der Waals surface area contributed by atoms with E-state index in [1.807, 2.05) is 6.07 Å². The van der Waals surface area contributed by atoms with Gasteiger partial charge in [0.05, 0.1) is 24.6 Å². The molecule has 0 atom stereocenters. The number of halogens is 4. The predicted molar refractivity (Wildman–Crippen MR) is 162 cm³/mol. The van der Waals surface area contributed by atoms with E-state index in [9.17, 15) is 22.4 Å². The number of alkyl halides is 3. The van der Waals surface area contributed by atoms with Crippen LogP contribution in [0.1, 0.15) is 52.7 Å². The van der Waals surface area contributed by atoms with E-state index >= 15 is 0 Å². The average Bonchev–Trinajstić information content (AvgIpc) is 3.27. The summed E-state index contributed by atoms with van der Waals surface area (Å²) in [5.41, 5.74) is 1.27. The number of likely N-dealkylation sites (tertiary alicyclic amines) is 1. The number of anilines is 2. The van der Waals surface area contributed by atoms with Crippen molar-refractivity contribution in [3.63, 3.8) is 0 Å². The summed E-state index contributed by atoms with van der Waals surface area (Å²) in [4.78, 5) is 21.9. The zero-order valence-corrected chi connectivity index (χ0v) is 25.0. The molecule has 9 nitrogen and oxygen atoms in total. The molecule has 1 spiro atoms. The van der Waals surface area contributed by atoms with Gasteiger partial charge >= 0.3 is 6.18 Å². The van der Waals surface area contributed by atoms with Gasteiger partial charge in [-0.15, -0.1) is 10.2 Å². The molecule has 1 aliphatic carbocycles. The molecule has 2 aliphatic heterocycles. The molecule has 4 aromatic rings. The summed E-state index contributed by atoms with van der Waals surface area (Å²) in [6.07, 6.45) is 0.372. The molecule has 1 saturated heterocycles. The summed E-state index contributed by atoms with van der Waals surface area (Å²) in [7, 11) is 1.75. The van der Waals surface area contributed by atoms with Crippen LogP contribution >= 0.6 is 0 Å². The van der Waals surface area contributed by atoms with Gasteiger partial charge in [-0.3, -0.25) is 14.6 Å². The molecular formula is C33H30F4N8O. The van der Waals surface area contributed by atoms with Crippen LogP contribution in [0.25, 0.3) is 22.5 Å². The fourth-order valence-electron chi connectivity index (χ4n) is 6.63. The van der Waals surface area contributed by atoms with Gasteiger partial charge in [-0.2, -0.15) is 18.4 Å². The minimum atomic E-state index is -4.66. The number of aryl methyl sites for hydroxylation is 1. The molecule has 236 valence electrons. The van der Waals surface area contributed by atoms with Crippen molar-refractivity contribution in [3.8, 4) is 28.6 Å². The molecule has 2 aromatic heterocycles.